The predicted octanol–water partition coefficient (Wildman–Crippen LogP) is 7.15. The summed E-state index contributed by atoms with van der Waals surface area (Å²) in [5.41, 5.74) is 4.81. The summed E-state index contributed by atoms with van der Waals surface area (Å²) >= 11 is 6.54. The van der Waals surface area contributed by atoms with Gasteiger partial charge in [-0.2, -0.15) is 0 Å². The van der Waals surface area contributed by atoms with Crippen molar-refractivity contribution in [2.75, 3.05) is 18.4 Å². The second-order valence-electron chi connectivity index (χ2n) is 9.03. The molecule has 0 atom stereocenters. The Morgan fingerprint density at radius 3 is 2.57 bits per heavy atom. The van der Waals surface area contributed by atoms with Crippen molar-refractivity contribution >= 4 is 45.1 Å². The second kappa shape index (κ2) is 9.17. The third-order valence-corrected chi connectivity index (χ3v) is 6.85. The summed E-state index contributed by atoms with van der Waals surface area (Å²) in [6, 6.07) is 23.1. The molecule has 3 heterocycles. The van der Waals surface area contributed by atoms with Crippen LogP contribution < -0.4 is 5.32 Å². The summed E-state index contributed by atoms with van der Waals surface area (Å²) < 4.78 is 5.92. The summed E-state index contributed by atoms with van der Waals surface area (Å²) in [6.45, 7) is 3.19. The molecule has 6 rings (SSSR count). The fourth-order valence-corrected chi connectivity index (χ4v) is 4.90. The number of nitrogens with zero attached hydrogens (tertiary/aromatic N) is 2. The number of amides is 1. The number of aromatic nitrogens is 1. The number of rotatable bonds is 5. The molecule has 3 aromatic carbocycles. The second-order valence-corrected chi connectivity index (χ2v) is 9.44. The van der Waals surface area contributed by atoms with Crippen molar-refractivity contribution < 1.29 is 9.21 Å². The number of anilines is 1. The molecule has 0 bridgehead atoms. The maximum Gasteiger partial charge on any atom is 0.255 e. The van der Waals surface area contributed by atoms with Gasteiger partial charge in [-0.15, -0.1) is 0 Å². The number of hydrogen-bond acceptors (Lipinski definition) is 4. The molecule has 1 aliphatic rings. The molecule has 0 aliphatic carbocycles. The van der Waals surface area contributed by atoms with Gasteiger partial charge in [0, 0.05) is 34.6 Å². The highest BCUT2D eigenvalue weighted by Gasteiger charge is 2.14. The normalized spacial score (nSPS) is 14.1. The van der Waals surface area contributed by atoms with Crippen molar-refractivity contribution in [3.63, 3.8) is 0 Å². The largest absolute Gasteiger partial charge is 0.456 e. The topological polar surface area (TPSA) is 58.4 Å². The summed E-state index contributed by atoms with van der Waals surface area (Å²) in [5, 5.41) is 5.44. The number of likely N-dealkylation sites (tertiary alicyclic amines) is 1. The van der Waals surface area contributed by atoms with Crippen LogP contribution in [0.4, 0.5) is 5.69 Å². The van der Waals surface area contributed by atoms with Crippen LogP contribution in [0, 0.1) is 0 Å². The van der Waals surface area contributed by atoms with E-state index in [4.69, 9.17) is 16.0 Å². The lowest BCUT2D eigenvalue weighted by Crippen LogP contribution is -2.18. The molecule has 5 aromatic rings. The van der Waals surface area contributed by atoms with Crippen LogP contribution in [0.5, 0.6) is 0 Å². The zero-order valence-electron chi connectivity index (χ0n) is 19.1. The fourth-order valence-electron chi connectivity index (χ4n) is 4.68. The van der Waals surface area contributed by atoms with Gasteiger partial charge in [-0.3, -0.25) is 14.7 Å². The van der Waals surface area contributed by atoms with Crippen molar-refractivity contribution in [1.82, 2.24) is 9.88 Å². The van der Waals surface area contributed by atoms with Gasteiger partial charge in [0.05, 0.1) is 16.2 Å². The van der Waals surface area contributed by atoms with E-state index >= 15 is 0 Å². The Morgan fingerprint density at radius 2 is 1.77 bits per heavy atom. The number of furan rings is 1. The van der Waals surface area contributed by atoms with E-state index < -0.39 is 0 Å². The van der Waals surface area contributed by atoms with Crippen LogP contribution >= 0.6 is 11.6 Å². The van der Waals surface area contributed by atoms with Crippen LogP contribution in [0.25, 0.3) is 33.2 Å². The van der Waals surface area contributed by atoms with Gasteiger partial charge in [-0.05, 0) is 74.0 Å². The number of nitrogens with one attached hydrogen (secondary N) is 1. The Morgan fingerprint density at radius 1 is 0.971 bits per heavy atom. The zero-order chi connectivity index (χ0) is 23.8. The molecule has 6 heteroatoms. The average Bonchev–Trinajstić information content (AvgIpc) is 3.54. The zero-order valence-corrected chi connectivity index (χ0v) is 19.9. The Balaban J connectivity index is 1.19. The van der Waals surface area contributed by atoms with Crippen LogP contribution in [0.3, 0.4) is 0 Å². The van der Waals surface area contributed by atoms with Crippen molar-refractivity contribution in [3.05, 3.63) is 95.1 Å². The van der Waals surface area contributed by atoms with Crippen molar-refractivity contribution in [1.29, 1.82) is 0 Å². The monoisotopic (exact) mass is 481 g/mol. The number of halogens is 1. The first-order valence-corrected chi connectivity index (χ1v) is 12.2. The summed E-state index contributed by atoms with van der Waals surface area (Å²) in [7, 11) is 0. The molecule has 0 unspecified atom stereocenters. The lowest BCUT2D eigenvalue weighted by molar-refractivity contribution is 0.102. The van der Waals surface area contributed by atoms with Crippen molar-refractivity contribution in [3.8, 4) is 11.3 Å². The molecule has 1 aliphatic heterocycles. The van der Waals surface area contributed by atoms with Gasteiger partial charge in [0.15, 0.2) is 0 Å². The van der Waals surface area contributed by atoms with Gasteiger partial charge in [0.2, 0.25) is 0 Å². The van der Waals surface area contributed by atoms with Crippen LogP contribution in [-0.2, 0) is 6.54 Å². The van der Waals surface area contributed by atoms with Gasteiger partial charge in [0.1, 0.15) is 11.3 Å². The predicted molar refractivity (Wildman–Crippen MR) is 141 cm³/mol. The standard InChI is InChI=1S/C29H24ClN3O2/c30-24-14-23-13-19(18-33-11-3-4-12-33)17-31-25(23)16-26(24)32-29(34)21-9-7-20(8-10-21)28-15-22-5-1-2-6-27(22)35-28/h1-2,5-10,13-17H,3-4,11-12,18H2,(H,32,34). The summed E-state index contributed by atoms with van der Waals surface area (Å²) in [5.74, 6) is 0.541. The molecular formula is C29H24ClN3O2. The van der Waals surface area contributed by atoms with Crippen LogP contribution in [-0.4, -0.2) is 28.9 Å². The number of fused-ring (bicyclic) bond motifs is 2. The van der Waals surface area contributed by atoms with Crippen LogP contribution in [0.15, 0.2) is 83.4 Å². The smallest absolute Gasteiger partial charge is 0.255 e. The van der Waals surface area contributed by atoms with E-state index in [1.807, 2.05) is 60.8 Å². The first kappa shape index (κ1) is 21.8. The van der Waals surface area contributed by atoms with Gasteiger partial charge in [-0.25, -0.2) is 0 Å². The minimum atomic E-state index is -0.229. The molecule has 1 saturated heterocycles. The van der Waals surface area contributed by atoms with Crippen molar-refractivity contribution in [2.24, 2.45) is 0 Å². The number of benzene rings is 3. The van der Waals surface area contributed by atoms with E-state index in [2.05, 4.69) is 21.3 Å². The van der Waals surface area contributed by atoms with E-state index in [0.29, 0.717) is 16.3 Å². The highest BCUT2D eigenvalue weighted by atomic mass is 35.5. The Kier molecular flexibility index (Phi) is 5.72. The lowest BCUT2D eigenvalue weighted by atomic mass is 10.1. The fraction of sp³-hybridized carbons (Fsp3) is 0.172. The number of carbonyl (C=O) groups is 1. The van der Waals surface area contributed by atoms with Crippen LogP contribution in [0.2, 0.25) is 5.02 Å². The van der Waals surface area contributed by atoms with Gasteiger partial charge in [0.25, 0.3) is 5.91 Å². The molecule has 1 fully saturated rings. The molecule has 0 spiro atoms. The van der Waals surface area contributed by atoms with Gasteiger partial charge in [-0.1, -0.05) is 41.9 Å². The number of pyridine rings is 1. The molecular weight excluding hydrogens is 458 g/mol. The van der Waals surface area contributed by atoms with E-state index in [9.17, 15) is 4.79 Å². The maximum atomic E-state index is 12.9. The molecule has 0 radical (unpaired) electrons. The number of carbonyl (C=O) groups excluding carboxylic acids is 1. The SMILES string of the molecule is O=C(Nc1cc2ncc(CN3CCCC3)cc2cc1Cl)c1ccc(-c2cc3ccccc3o2)cc1. The molecule has 5 nitrogen and oxygen atoms in total. The molecule has 1 N–H and O–H groups in total. The number of hydrogen-bond donors (Lipinski definition) is 1. The van der Waals surface area contributed by atoms with E-state index in [1.54, 1.807) is 12.1 Å². The molecule has 35 heavy (non-hydrogen) atoms. The molecule has 2 aromatic heterocycles. The van der Waals surface area contributed by atoms with Gasteiger partial charge < -0.3 is 9.73 Å². The first-order valence-electron chi connectivity index (χ1n) is 11.8. The minimum absolute atomic E-state index is 0.229. The minimum Gasteiger partial charge on any atom is -0.456 e. The number of para-hydroxylation sites is 1. The van der Waals surface area contributed by atoms with Crippen LogP contribution in [0.1, 0.15) is 28.8 Å². The first-order chi connectivity index (χ1) is 17.1. The molecule has 0 saturated carbocycles. The molecule has 174 valence electrons. The van der Waals surface area contributed by atoms with E-state index in [1.165, 1.54) is 18.4 Å². The Bertz CT molecular complexity index is 1500. The summed E-state index contributed by atoms with van der Waals surface area (Å²) in [6.07, 6.45) is 4.44. The third kappa shape index (κ3) is 4.53. The quantitative estimate of drug-likeness (QED) is 0.289. The average molecular weight is 482 g/mol. The van der Waals surface area contributed by atoms with E-state index in [-0.39, 0.29) is 5.91 Å². The molecule has 1 amide bonds. The Labute approximate surface area is 208 Å². The highest BCUT2D eigenvalue weighted by molar-refractivity contribution is 6.34. The lowest BCUT2D eigenvalue weighted by Gasteiger charge is -2.15. The Hall–Kier alpha value is -3.67. The van der Waals surface area contributed by atoms with Gasteiger partial charge >= 0.3 is 0 Å². The maximum absolute atomic E-state index is 12.9. The van der Waals surface area contributed by atoms with Crippen molar-refractivity contribution in [2.45, 2.75) is 19.4 Å². The van der Waals surface area contributed by atoms with E-state index in [0.717, 1.165) is 52.8 Å². The third-order valence-electron chi connectivity index (χ3n) is 6.54. The highest BCUT2D eigenvalue weighted by Crippen LogP contribution is 2.30. The summed E-state index contributed by atoms with van der Waals surface area (Å²) in [4.78, 5) is 20.0.